The molecule has 0 bridgehead atoms. The standard InChI is InChI=1S/C18H24ClN5O2/c1-10(9-20)17(25)21-14-5-6-16(15(19)8-14)22-18(26)13(4)24-12(3)7-11(2)23-24/h5-8,10,13H,9,20H2,1-4H3,(H,21,25)(H,22,26). The summed E-state index contributed by atoms with van der Waals surface area (Å²) < 4.78 is 1.67. The van der Waals surface area contributed by atoms with Crippen molar-refractivity contribution in [1.29, 1.82) is 0 Å². The minimum absolute atomic E-state index is 0.182. The highest BCUT2D eigenvalue weighted by molar-refractivity contribution is 6.34. The fourth-order valence-corrected chi connectivity index (χ4v) is 2.68. The quantitative estimate of drug-likeness (QED) is 0.720. The van der Waals surface area contributed by atoms with E-state index in [1.54, 1.807) is 36.7 Å². The molecule has 7 nitrogen and oxygen atoms in total. The number of hydrogen-bond acceptors (Lipinski definition) is 4. The van der Waals surface area contributed by atoms with Crippen LogP contribution in [0.1, 0.15) is 31.3 Å². The highest BCUT2D eigenvalue weighted by Crippen LogP contribution is 2.26. The van der Waals surface area contributed by atoms with Crippen LogP contribution in [0, 0.1) is 19.8 Å². The Morgan fingerprint density at radius 1 is 1.19 bits per heavy atom. The van der Waals surface area contributed by atoms with Gasteiger partial charge in [0.1, 0.15) is 6.04 Å². The van der Waals surface area contributed by atoms with E-state index in [-0.39, 0.29) is 24.3 Å². The third-order valence-electron chi connectivity index (χ3n) is 4.09. The lowest BCUT2D eigenvalue weighted by Gasteiger charge is -2.16. The van der Waals surface area contributed by atoms with Gasteiger partial charge in [-0.15, -0.1) is 0 Å². The normalized spacial score (nSPS) is 13.2. The number of aryl methyl sites for hydroxylation is 2. The Bertz CT molecular complexity index is 818. The van der Waals surface area contributed by atoms with E-state index in [2.05, 4.69) is 15.7 Å². The lowest BCUT2D eigenvalue weighted by molar-refractivity contribution is -0.119. The largest absolute Gasteiger partial charge is 0.330 e. The monoisotopic (exact) mass is 377 g/mol. The summed E-state index contributed by atoms with van der Waals surface area (Å²) in [5.41, 5.74) is 8.26. The first-order valence-electron chi connectivity index (χ1n) is 8.37. The van der Waals surface area contributed by atoms with Crippen LogP contribution in [0.2, 0.25) is 5.02 Å². The van der Waals surface area contributed by atoms with Gasteiger partial charge in [0.15, 0.2) is 0 Å². The van der Waals surface area contributed by atoms with Crippen LogP contribution in [0.3, 0.4) is 0 Å². The number of nitrogens with zero attached hydrogens (tertiary/aromatic N) is 2. The smallest absolute Gasteiger partial charge is 0.248 e. The molecule has 0 aliphatic heterocycles. The summed E-state index contributed by atoms with van der Waals surface area (Å²) in [6, 6.07) is 6.35. The molecule has 0 fully saturated rings. The van der Waals surface area contributed by atoms with Crippen LogP contribution in [0.5, 0.6) is 0 Å². The maximum Gasteiger partial charge on any atom is 0.248 e. The van der Waals surface area contributed by atoms with Crippen LogP contribution in [-0.4, -0.2) is 28.1 Å². The van der Waals surface area contributed by atoms with Gasteiger partial charge in [0.25, 0.3) is 0 Å². The van der Waals surface area contributed by atoms with E-state index >= 15 is 0 Å². The summed E-state index contributed by atoms with van der Waals surface area (Å²) in [6.45, 7) is 7.55. The van der Waals surface area contributed by atoms with E-state index < -0.39 is 6.04 Å². The van der Waals surface area contributed by atoms with E-state index in [1.165, 1.54) is 0 Å². The van der Waals surface area contributed by atoms with Crippen molar-refractivity contribution in [3.8, 4) is 0 Å². The maximum absolute atomic E-state index is 12.5. The van der Waals surface area contributed by atoms with Crippen molar-refractivity contribution < 1.29 is 9.59 Å². The topological polar surface area (TPSA) is 102 Å². The summed E-state index contributed by atoms with van der Waals surface area (Å²) in [4.78, 5) is 24.4. The Balaban J connectivity index is 2.08. The molecule has 8 heteroatoms. The van der Waals surface area contributed by atoms with Gasteiger partial charge in [-0.2, -0.15) is 5.10 Å². The van der Waals surface area contributed by atoms with Gasteiger partial charge in [-0.3, -0.25) is 14.3 Å². The Kier molecular flexibility index (Phi) is 6.39. The molecule has 0 aliphatic rings. The zero-order valence-corrected chi connectivity index (χ0v) is 16.1. The van der Waals surface area contributed by atoms with Gasteiger partial charge in [0.2, 0.25) is 11.8 Å². The number of nitrogens with one attached hydrogen (secondary N) is 2. The molecule has 0 aliphatic carbocycles. The van der Waals surface area contributed by atoms with E-state index in [1.807, 2.05) is 19.9 Å². The van der Waals surface area contributed by atoms with E-state index in [9.17, 15) is 9.59 Å². The van der Waals surface area contributed by atoms with Crippen LogP contribution < -0.4 is 16.4 Å². The second-order valence-corrected chi connectivity index (χ2v) is 6.76. The molecule has 4 N–H and O–H groups in total. The van der Waals surface area contributed by atoms with Crippen LogP contribution >= 0.6 is 11.6 Å². The Hall–Kier alpha value is -2.38. The summed E-state index contributed by atoms with van der Waals surface area (Å²) in [6.07, 6.45) is 0. The molecule has 2 amide bonds. The number of aromatic nitrogens is 2. The van der Waals surface area contributed by atoms with Gasteiger partial charge in [-0.1, -0.05) is 18.5 Å². The molecule has 2 unspecified atom stereocenters. The molecule has 0 radical (unpaired) electrons. The number of halogens is 1. The van der Waals surface area contributed by atoms with Crippen LogP contribution in [-0.2, 0) is 9.59 Å². The summed E-state index contributed by atoms with van der Waals surface area (Å²) in [7, 11) is 0. The molecule has 0 spiro atoms. The molecule has 1 heterocycles. The maximum atomic E-state index is 12.5. The minimum Gasteiger partial charge on any atom is -0.330 e. The van der Waals surface area contributed by atoms with Gasteiger partial charge in [-0.25, -0.2) is 0 Å². The Labute approximate surface area is 157 Å². The summed E-state index contributed by atoms with van der Waals surface area (Å²) >= 11 is 6.24. The van der Waals surface area contributed by atoms with Gasteiger partial charge in [-0.05, 0) is 45.0 Å². The second-order valence-electron chi connectivity index (χ2n) is 6.36. The number of carbonyl (C=O) groups excluding carboxylic acids is 2. The average molecular weight is 378 g/mol. The summed E-state index contributed by atoms with van der Waals surface area (Å²) in [5, 5.41) is 10.2. The average Bonchev–Trinajstić information content (AvgIpc) is 2.93. The number of hydrogen-bond donors (Lipinski definition) is 3. The van der Waals surface area contributed by atoms with Crippen LogP contribution in [0.15, 0.2) is 24.3 Å². The molecular formula is C18H24ClN5O2. The molecular weight excluding hydrogens is 354 g/mol. The van der Waals surface area contributed by atoms with E-state index in [4.69, 9.17) is 17.3 Å². The number of rotatable bonds is 6. The molecule has 0 saturated heterocycles. The molecule has 140 valence electrons. The molecule has 1 aromatic carbocycles. The third-order valence-corrected chi connectivity index (χ3v) is 4.40. The fourth-order valence-electron chi connectivity index (χ4n) is 2.45. The molecule has 2 rings (SSSR count). The predicted molar refractivity (Wildman–Crippen MR) is 103 cm³/mol. The molecule has 2 atom stereocenters. The first-order valence-corrected chi connectivity index (χ1v) is 8.74. The highest BCUT2D eigenvalue weighted by Gasteiger charge is 2.19. The predicted octanol–water partition coefficient (Wildman–Crippen LogP) is 2.89. The molecule has 0 saturated carbocycles. The van der Waals surface area contributed by atoms with Crippen molar-refractivity contribution in [3.05, 3.63) is 40.7 Å². The fraction of sp³-hybridized carbons (Fsp3) is 0.389. The number of benzene rings is 1. The zero-order valence-electron chi connectivity index (χ0n) is 15.3. The Morgan fingerprint density at radius 2 is 1.88 bits per heavy atom. The SMILES string of the molecule is Cc1cc(C)n(C(C)C(=O)Nc2ccc(NC(=O)C(C)CN)cc2Cl)n1. The highest BCUT2D eigenvalue weighted by atomic mass is 35.5. The number of nitrogens with two attached hydrogens (primary N) is 1. The molecule has 26 heavy (non-hydrogen) atoms. The van der Waals surface area contributed by atoms with Gasteiger partial charge < -0.3 is 16.4 Å². The van der Waals surface area contributed by atoms with E-state index in [0.717, 1.165) is 11.4 Å². The third kappa shape index (κ3) is 4.62. The van der Waals surface area contributed by atoms with Crippen molar-refractivity contribution in [2.45, 2.75) is 33.7 Å². The minimum atomic E-state index is -0.482. The Morgan fingerprint density at radius 3 is 2.42 bits per heavy atom. The number of anilines is 2. The van der Waals surface area contributed by atoms with Gasteiger partial charge in [0, 0.05) is 23.8 Å². The number of carbonyl (C=O) groups is 2. The lowest BCUT2D eigenvalue weighted by atomic mass is 10.1. The van der Waals surface area contributed by atoms with Crippen molar-refractivity contribution in [3.63, 3.8) is 0 Å². The number of amides is 2. The van der Waals surface area contributed by atoms with Crippen LogP contribution in [0.25, 0.3) is 0 Å². The second kappa shape index (κ2) is 8.33. The van der Waals surface area contributed by atoms with Crippen molar-refractivity contribution >= 4 is 34.8 Å². The van der Waals surface area contributed by atoms with Gasteiger partial charge >= 0.3 is 0 Å². The van der Waals surface area contributed by atoms with Crippen molar-refractivity contribution in [2.75, 3.05) is 17.2 Å². The van der Waals surface area contributed by atoms with Crippen molar-refractivity contribution in [2.24, 2.45) is 11.7 Å². The van der Waals surface area contributed by atoms with Crippen molar-refractivity contribution in [1.82, 2.24) is 9.78 Å². The summed E-state index contributed by atoms with van der Waals surface area (Å²) in [5.74, 6) is -0.708. The molecule has 2 aromatic rings. The lowest BCUT2D eigenvalue weighted by Crippen LogP contribution is -2.27. The first-order chi connectivity index (χ1) is 12.2. The zero-order chi connectivity index (χ0) is 19.4. The first kappa shape index (κ1) is 19.9. The molecule has 1 aromatic heterocycles. The van der Waals surface area contributed by atoms with E-state index in [0.29, 0.717) is 16.4 Å². The van der Waals surface area contributed by atoms with Crippen LogP contribution in [0.4, 0.5) is 11.4 Å². The van der Waals surface area contributed by atoms with Gasteiger partial charge in [0.05, 0.1) is 16.4 Å².